The Bertz CT molecular complexity index is 713. The van der Waals surface area contributed by atoms with Crippen molar-refractivity contribution < 1.29 is 9.53 Å². The first kappa shape index (κ1) is 20.4. The van der Waals surface area contributed by atoms with E-state index in [0.29, 0.717) is 31.9 Å². The third-order valence-electron chi connectivity index (χ3n) is 4.41. The maximum Gasteiger partial charge on any atom is 0.276 e. The van der Waals surface area contributed by atoms with Crippen molar-refractivity contribution in [1.29, 1.82) is 0 Å². The molecule has 8 heteroatoms. The van der Waals surface area contributed by atoms with Gasteiger partial charge in [0.25, 0.3) is 5.91 Å². The van der Waals surface area contributed by atoms with Crippen molar-refractivity contribution in [2.24, 2.45) is 5.73 Å². The highest BCUT2D eigenvalue weighted by Gasteiger charge is 2.25. The number of hydrogen-bond donors (Lipinski definition) is 1. The first-order chi connectivity index (χ1) is 12.2. The second-order valence-corrected chi connectivity index (χ2v) is 6.39. The number of aryl methyl sites for hydroxylation is 1. The smallest absolute Gasteiger partial charge is 0.276 e. The van der Waals surface area contributed by atoms with Gasteiger partial charge in [-0.25, -0.2) is 4.68 Å². The van der Waals surface area contributed by atoms with E-state index in [1.54, 1.807) is 10.9 Å². The van der Waals surface area contributed by atoms with Crippen LogP contribution in [0.4, 0.5) is 0 Å². The molecule has 3 rings (SSSR count). The molecule has 0 spiro atoms. The highest BCUT2D eigenvalue weighted by Crippen LogP contribution is 2.16. The Morgan fingerprint density at radius 1 is 1.35 bits per heavy atom. The summed E-state index contributed by atoms with van der Waals surface area (Å²) >= 11 is 0. The van der Waals surface area contributed by atoms with Gasteiger partial charge in [0, 0.05) is 19.7 Å². The first-order valence-corrected chi connectivity index (χ1v) is 8.77. The van der Waals surface area contributed by atoms with Crippen molar-refractivity contribution in [1.82, 2.24) is 19.9 Å². The predicted molar refractivity (Wildman–Crippen MR) is 102 cm³/mol. The second kappa shape index (κ2) is 9.66. The van der Waals surface area contributed by atoms with Gasteiger partial charge < -0.3 is 15.4 Å². The molecule has 1 amide bonds. The summed E-state index contributed by atoms with van der Waals surface area (Å²) in [6.45, 7) is 4.73. The molecule has 2 heterocycles. The maximum absolute atomic E-state index is 12.6. The van der Waals surface area contributed by atoms with Crippen molar-refractivity contribution >= 4 is 18.3 Å². The zero-order valence-corrected chi connectivity index (χ0v) is 15.8. The molecule has 0 radical (unpaired) electrons. The summed E-state index contributed by atoms with van der Waals surface area (Å²) in [5.41, 5.74) is 7.89. The molecule has 7 nitrogen and oxygen atoms in total. The number of amides is 1. The van der Waals surface area contributed by atoms with Crippen LogP contribution in [0.15, 0.2) is 30.5 Å². The number of halogens is 1. The largest absolute Gasteiger partial charge is 0.378 e. The lowest BCUT2D eigenvalue weighted by molar-refractivity contribution is 0.00829. The average molecular weight is 380 g/mol. The Balaban J connectivity index is 0.00000243. The van der Waals surface area contributed by atoms with Crippen LogP contribution in [0, 0.1) is 6.92 Å². The molecular formula is C18H26ClN5O2. The van der Waals surface area contributed by atoms with Crippen LogP contribution in [0.2, 0.25) is 0 Å². The molecule has 1 aliphatic rings. The monoisotopic (exact) mass is 379 g/mol. The van der Waals surface area contributed by atoms with Crippen LogP contribution in [-0.4, -0.2) is 58.1 Å². The number of hydrogen-bond acceptors (Lipinski definition) is 5. The number of likely N-dealkylation sites (tertiary alicyclic amines) is 1. The van der Waals surface area contributed by atoms with Crippen molar-refractivity contribution in [3.8, 4) is 5.69 Å². The van der Waals surface area contributed by atoms with Crippen LogP contribution in [0.25, 0.3) is 5.69 Å². The molecule has 0 unspecified atom stereocenters. The van der Waals surface area contributed by atoms with E-state index < -0.39 is 0 Å². The minimum absolute atomic E-state index is 0. The Morgan fingerprint density at radius 2 is 2.12 bits per heavy atom. The van der Waals surface area contributed by atoms with E-state index in [4.69, 9.17) is 10.5 Å². The summed E-state index contributed by atoms with van der Waals surface area (Å²) in [6.07, 6.45) is 4.49. The molecule has 2 aromatic rings. The van der Waals surface area contributed by atoms with Gasteiger partial charge in [-0.1, -0.05) is 17.3 Å². The van der Waals surface area contributed by atoms with E-state index in [2.05, 4.69) is 10.3 Å². The predicted octanol–water partition coefficient (Wildman–Crippen LogP) is 1.97. The van der Waals surface area contributed by atoms with Gasteiger partial charge in [-0.15, -0.1) is 17.5 Å². The van der Waals surface area contributed by atoms with E-state index in [9.17, 15) is 4.79 Å². The fraction of sp³-hybridized carbons (Fsp3) is 0.500. The Labute approximate surface area is 159 Å². The molecule has 1 aliphatic heterocycles. The summed E-state index contributed by atoms with van der Waals surface area (Å²) < 4.78 is 7.42. The lowest BCUT2D eigenvalue weighted by Gasteiger charge is -2.31. The minimum atomic E-state index is -0.0701. The fourth-order valence-electron chi connectivity index (χ4n) is 2.98. The van der Waals surface area contributed by atoms with E-state index in [1.807, 2.05) is 36.1 Å². The molecule has 142 valence electrons. The highest BCUT2D eigenvalue weighted by atomic mass is 35.5. The number of nitrogens with two attached hydrogens (primary N) is 1. The summed E-state index contributed by atoms with van der Waals surface area (Å²) in [7, 11) is 0. The number of ether oxygens (including phenoxy) is 1. The van der Waals surface area contributed by atoms with E-state index >= 15 is 0 Å². The molecule has 0 saturated carbocycles. The van der Waals surface area contributed by atoms with Crippen molar-refractivity contribution in [2.45, 2.75) is 32.3 Å². The van der Waals surface area contributed by atoms with Crippen molar-refractivity contribution in [3.63, 3.8) is 0 Å². The van der Waals surface area contributed by atoms with Crippen LogP contribution < -0.4 is 5.73 Å². The SMILES string of the molecule is Cc1cccc(-n2cc(C(=O)N3CCC(OCCCN)CC3)nn2)c1.Cl. The van der Waals surface area contributed by atoms with Gasteiger partial charge in [0.2, 0.25) is 0 Å². The molecule has 1 aromatic carbocycles. The van der Waals surface area contributed by atoms with Crippen LogP contribution in [-0.2, 0) is 4.74 Å². The topological polar surface area (TPSA) is 86.3 Å². The van der Waals surface area contributed by atoms with Gasteiger partial charge >= 0.3 is 0 Å². The molecule has 0 atom stereocenters. The van der Waals surface area contributed by atoms with Gasteiger partial charge in [-0.2, -0.15) is 0 Å². The number of carbonyl (C=O) groups is 1. The second-order valence-electron chi connectivity index (χ2n) is 6.39. The summed E-state index contributed by atoms with van der Waals surface area (Å²) in [4.78, 5) is 14.5. The molecule has 26 heavy (non-hydrogen) atoms. The molecule has 2 N–H and O–H groups in total. The number of rotatable bonds is 6. The maximum atomic E-state index is 12.6. The van der Waals surface area contributed by atoms with Crippen LogP contribution >= 0.6 is 12.4 Å². The summed E-state index contributed by atoms with van der Waals surface area (Å²) in [5.74, 6) is -0.0701. The van der Waals surface area contributed by atoms with Gasteiger partial charge in [0.1, 0.15) is 0 Å². The van der Waals surface area contributed by atoms with E-state index in [0.717, 1.165) is 30.5 Å². The van der Waals surface area contributed by atoms with E-state index in [1.165, 1.54) is 0 Å². The van der Waals surface area contributed by atoms with Crippen LogP contribution in [0.1, 0.15) is 35.3 Å². The first-order valence-electron chi connectivity index (χ1n) is 8.77. The average Bonchev–Trinajstić information content (AvgIpc) is 3.12. The number of piperidine rings is 1. The standard InChI is InChI=1S/C18H25N5O2.ClH/c1-14-4-2-5-15(12-14)23-13-17(20-21-23)18(24)22-9-6-16(7-10-22)25-11-3-8-19;/h2,4-5,12-13,16H,3,6-11,19H2,1H3;1H. The van der Waals surface area contributed by atoms with Crippen molar-refractivity contribution in [2.75, 3.05) is 26.2 Å². The fourth-order valence-corrected chi connectivity index (χ4v) is 2.98. The zero-order valence-electron chi connectivity index (χ0n) is 15.0. The quantitative estimate of drug-likeness (QED) is 0.775. The zero-order chi connectivity index (χ0) is 17.6. The third kappa shape index (κ3) is 5.03. The summed E-state index contributed by atoms with van der Waals surface area (Å²) in [6, 6.07) is 7.93. The Kier molecular flexibility index (Phi) is 7.56. The number of carbonyl (C=O) groups excluding carboxylic acids is 1. The molecule has 0 bridgehead atoms. The van der Waals surface area contributed by atoms with Crippen LogP contribution in [0.5, 0.6) is 0 Å². The van der Waals surface area contributed by atoms with Gasteiger partial charge in [0.15, 0.2) is 5.69 Å². The van der Waals surface area contributed by atoms with Gasteiger partial charge in [0.05, 0.1) is 18.0 Å². The minimum Gasteiger partial charge on any atom is -0.378 e. The lowest BCUT2D eigenvalue weighted by atomic mass is 10.1. The molecule has 1 aromatic heterocycles. The third-order valence-corrected chi connectivity index (χ3v) is 4.41. The Hall–Kier alpha value is -1.96. The molecule has 1 saturated heterocycles. The highest BCUT2D eigenvalue weighted by molar-refractivity contribution is 5.92. The van der Waals surface area contributed by atoms with Gasteiger partial charge in [-0.3, -0.25) is 4.79 Å². The number of benzene rings is 1. The van der Waals surface area contributed by atoms with Crippen LogP contribution in [0.3, 0.4) is 0 Å². The molecule has 1 fully saturated rings. The lowest BCUT2D eigenvalue weighted by Crippen LogP contribution is -2.41. The van der Waals surface area contributed by atoms with Crippen molar-refractivity contribution in [3.05, 3.63) is 41.7 Å². The van der Waals surface area contributed by atoms with Gasteiger partial charge in [-0.05, 0) is 50.4 Å². The molecule has 0 aliphatic carbocycles. The normalized spacial score (nSPS) is 14.9. The molecular weight excluding hydrogens is 354 g/mol. The number of nitrogens with zero attached hydrogens (tertiary/aromatic N) is 4. The number of aromatic nitrogens is 3. The summed E-state index contributed by atoms with van der Waals surface area (Å²) in [5, 5.41) is 8.14. The van der Waals surface area contributed by atoms with E-state index in [-0.39, 0.29) is 24.4 Å². The Morgan fingerprint density at radius 3 is 2.81 bits per heavy atom.